The fourth-order valence-corrected chi connectivity index (χ4v) is 2.25. The molecule has 0 spiro atoms. The summed E-state index contributed by atoms with van der Waals surface area (Å²) < 4.78 is 12.1. The molecule has 0 bridgehead atoms. The lowest BCUT2D eigenvalue weighted by molar-refractivity contribution is 0.0492. The number of halogens is 1. The third-order valence-electron chi connectivity index (χ3n) is 2.31. The summed E-state index contributed by atoms with van der Waals surface area (Å²) in [6.07, 6.45) is 0.942. The maximum atomic E-state index is 12.1. The summed E-state index contributed by atoms with van der Waals surface area (Å²) in [7, 11) is 1.14. The molecule has 0 aliphatic heterocycles. The van der Waals surface area contributed by atoms with Crippen LogP contribution in [0.4, 0.5) is 0 Å². The molecule has 0 atom stereocenters. The predicted molar refractivity (Wildman–Crippen MR) is 89.2 cm³/mol. The van der Waals surface area contributed by atoms with E-state index in [1.165, 1.54) is 0 Å². The Balaban J connectivity index is 2.90. The molecule has 1 rings (SSSR count). The van der Waals surface area contributed by atoms with E-state index in [2.05, 4.69) is 22.6 Å². The molecule has 0 unspecified atom stereocenters. The number of esters is 1. The Labute approximate surface area is 131 Å². The summed E-state index contributed by atoms with van der Waals surface area (Å²) in [4.78, 5) is 12.1. The lowest BCUT2D eigenvalue weighted by atomic mass is 10.1. The van der Waals surface area contributed by atoms with Crippen LogP contribution in [0.1, 0.15) is 37.6 Å². The smallest absolute Gasteiger partial charge is 0.341 e. The maximum absolute atomic E-state index is 12.1. The van der Waals surface area contributed by atoms with Crippen molar-refractivity contribution >= 4 is 38.8 Å². The van der Waals surface area contributed by atoms with Gasteiger partial charge in [-0.1, -0.05) is 6.04 Å². The lowest BCUT2D eigenvalue weighted by Crippen LogP contribution is -2.24. The van der Waals surface area contributed by atoms with Crippen molar-refractivity contribution in [1.29, 1.82) is 0 Å². The van der Waals surface area contributed by atoms with Crippen LogP contribution >= 0.6 is 22.6 Å². The number of carbonyl (C=O) groups excluding carboxylic acids is 1. The molecule has 0 fully saturated rings. The summed E-state index contributed by atoms with van der Waals surface area (Å²) in [5.74, 6) is 0.289. The monoisotopic (exact) mass is 392 g/mol. The van der Waals surface area contributed by atoms with Gasteiger partial charge >= 0.3 is 5.97 Å². The summed E-state index contributed by atoms with van der Waals surface area (Å²) in [5, 5.41) is 0. The van der Waals surface area contributed by atoms with Crippen LogP contribution in [0.3, 0.4) is 0 Å². The van der Waals surface area contributed by atoms with Crippen molar-refractivity contribution in [2.75, 3.05) is 6.61 Å². The molecule has 1 aromatic rings. The molecular weight excluding hydrogens is 371 g/mol. The maximum Gasteiger partial charge on any atom is 0.341 e. The number of rotatable bonds is 5. The van der Waals surface area contributed by atoms with Gasteiger partial charge in [-0.15, -0.1) is 0 Å². The van der Waals surface area contributed by atoms with Crippen LogP contribution in [0.15, 0.2) is 18.2 Å². The van der Waals surface area contributed by atoms with Gasteiger partial charge in [-0.2, -0.15) is 0 Å². The number of benzene rings is 1. The third kappa shape index (κ3) is 5.95. The van der Waals surface area contributed by atoms with Crippen LogP contribution in [-0.2, 0) is 4.74 Å². The second kappa shape index (κ2) is 7.28. The van der Waals surface area contributed by atoms with Crippen molar-refractivity contribution in [3.8, 4) is 5.75 Å². The van der Waals surface area contributed by atoms with Gasteiger partial charge < -0.3 is 9.47 Å². The van der Waals surface area contributed by atoms with Gasteiger partial charge in [-0.25, -0.2) is 4.79 Å². The average Bonchev–Trinajstić information content (AvgIpc) is 2.30. The molecule has 19 heavy (non-hydrogen) atoms. The Morgan fingerprint density at radius 2 is 2.05 bits per heavy atom. The molecule has 5 heteroatoms. The van der Waals surface area contributed by atoms with E-state index in [0.29, 0.717) is 17.9 Å². The molecule has 0 aliphatic carbocycles. The van der Waals surface area contributed by atoms with Gasteiger partial charge in [0.25, 0.3) is 0 Å². The van der Waals surface area contributed by atoms with Crippen molar-refractivity contribution in [3.63, 3.8) is 0 Å². The van der Waals surface area contributed by atoms with Crippen molar-refractivity contribution in [2.45, 2.75) is 38.8 Å². The average molecular weight is 392 g/mol. The minimum absolute atomic E-state index is 0.298. The van der Waals surface area contributed by atoms with Crippen molar-refractivity contribution in [1.82, 2.24) is 0 Å². The van der Waals surface area contributed by atoms with Crippen LogP contribution < -0.4 is 4.74 Å². The Bertz CT molecular complexity index is 441. The predicted octanol–water partition coefficient (Wildman–Crippen LogP) is 2.80. The second-order valence-electron chi connectivity index (χ2n) is 5.34. The first kappa shape index (κ1) is 16.5. The molecule has 0 N–H and O–H groups in total. The highest BCUT2D eigenvalue weighted by Crippen LogP contribution is 2.26. The van der Waals surface area contributed by atoms with Gasteiger partial charge in [0.2, 0.25) is 0 Å². The number of hydrogen-bond acceptors (Lipinski definition) is 3. The third-order valence-corrected chi connectivity index (χ3v) is 3.69. The molecule has 0 aliphatic rings. The zero-order valence-corrected chi connectivity index (χ0v) is 16.1. The number of ether oxygens (including phenoxy) is 2. The number of hydrogen-bond donors (Lipinski definition) is 0. The summed E-state index contributed by atoms with van der Waals surface area (Å²) in [6, 6.07) is 6.71. The van der Waals surface area contributed by atoms with Gasteiger partial charge in [0, 0.05) is 13.8 Å². The first-order valence-corrected chi connectivity index (χ1v) is 8.98. The largest absolute Gasteiger partial charge is 0.487 e. The van der Waals surface area contributed by atoms with E-state index in [9.17, 15) is 4.79 Å². The molecule has 106 valence electrons. The van der Waals surface area contributed by atoms with Crippen LogP contribution in [0.2, 0.25) is 6.04 Å². The van der Waals surface area contributed by atoms with E-state index in [1.807, 2.05) is 39.0 Å². The molecule has 0 saturated carbocycles. The Hall–Kier alpha value is -0.563. The summed E-state index contributed by atoms with van der Waals surface area (Å²) in [6.45, 7) is 6.37. The zero-order chi connectivity index (χ0) is 14.5. The van der Waals surface area contributed by atoms with E-state index in [0.717, 1.165) is 26.3 Å². The van der Waals surface area contributed by atoms with E-state index in [1.54, 1.807) is 0 Å². The van der Waals surface area contributed by atoms with Crippen molar-refractivity contribution in [3.05, 3.63) is 27.3 Å². The van der Waals surface area contributed by atoms with Gasteiger partial charge in [-0.05, 0) is 68.0 Å². The zero-order valence-electron chi connectivity index (χ0n) is 12.0. The van der Waals surface area contributed by atoms with E-state index in [4.69, 9.17) is 9.47 Å². The summed E-state index contributed by atoms with van der Waals surface area (Å²) >= 11 is 2.18. The van der Waals surface area contributed by atoms with Crippen molar-refractivity contribution in [2.24, 2.45) is 0 Å². The SMILES string of the molecule is CC(C)(C)Oc1ccc(I)cc1C(=O)OCCC[SiH3]. The second-order valence-corrected chi connectivity index (χ2v) is 7.59. The lowest BCUT2D eigenvalue weighted by Gasteiger charge is -2.23. The molecule has 0 heterocycles. The molecule has 3 nitrogen and oxygen atoms in total. The van der Waals surface area contributed by atoms with Gasteiger partial charge in [0.05, 0.1) is 6.61 Å². The minimum atomic E-state index is -0.336. The molecular formula is C14H21IO3Si. The molecule has 0 radical (unpaired) electrons. The fourth-order valence-electron chi connectivity index (χ4n) is 1.47. The van der Waals surface area contributed by atoms with Crippen LogP contribution in [-0.4, -0.2) is 28.4 Å². The molecule has 1 aromatic carbocycles. The van der Waals surface area contributed by atoms with Crippen LogP contribution in [0.5, 0.6) is 5.75 Å². The topological polar surface area (TPSA) is 35.5 Å². The van der Waals surface area contributed by atoms with Gasteiger partial charge in [0.15, 0.2) is 0 Å². The summed E-state index contributed by atoms with van der Waals surface area (Å²) in [5.41, 5.74) is 0.173. The first-order chi connectivity index (χ1) is 8.83. The fraction of sp³-hybridized carbons (Fsp3) is 0.500. The molecule has 0 aromatic heterocycles. The quantitative estimate of drug-likeness (QED) is 0.335. The highest BCUT2D eigenvalue weighted by Gasteiger charge is 2.19. The molecule has 0 saturated heterocycles. The van der Waals surface area contributed by atoms with Gasteiger partial charge in [0.1, 0.15) is 16.9 Å². The van der Waals surface area contributed by atoms with Gasteiger partial charge in [-0.3, -0.25) is 0 Å². The normalized spacial score (nSPS) is 11.4. The molecule has 0 amide bonds. The first-order valence-electron chi connectivity index (χ1n) is 6.49. The minimum Gasteiger partial charge on any atom is -0.487 e. The van der Waals surface area contributed by atoms with E-state index in [-0.39, 0.29) is 11.6 Å². The Morgan fingerprint density at radius 1 is 1.37 bits per heavy atom. The van der Waals surface area contributed by atoms with E-state index < -0.39 is 0 Å². The van der Waals surface area contributed by atoms with Crippen LogP contribution in [0.25, 0.3) is 0 Å². The van der Waals surface area contributed by atoms with Crippen LogP contribution in [0, 0.1) is 3.57 Å². The Morgan fingerprint density at radius 3 is 2.63 bits per heavy atom. The Kier molecular flexibility index (Phi) is 6.32. The highest BCUT2D eigenvalue weighted by atomic mass is 127. The number of carbonyl (C=O) groups is 1. The standard InChI is InChI=1S/C14H21IO3Si/c1-14(2,3)18-12-6-5-10(15)9-11(12)13(16)17-7-4-8-19/h5-6,9H,4,7-8H2,1-3,19H3. The van der Waals surface area contributed by atoms with E-state index >= 15 is 0 Å². The van der Waals surface area contributed by atoms with Crippen molar-refractivity contribution < 1.29 is 14.3 Å². The highest BCUT2D eigenvalue weighted by molar-refractivity contribution is 14.1.